The highest BCUT2D eigenvalue weighted by atomic mass is 32.1. The SMILES string of the molecule is O=c1scc(O)n1-c1cccc2ccccc12. The van der Waals surface area contributed by atoms with Crippen molar-refractivity contribution in [3.05, 3.63) is 57.5 Å². The van der Waals surface area contributed by atoms with Gasteiger partial charge in [0.15, 0.2) is 0 Å². The van der Waals surface area contributed by atoms with E-state index in [1.165, 1.54) is 9.95 Å². The molecule has 0 unspecified atom stereocenters. The van der Waals surface area contributed by atoms with Crippen molar-refractivity contribution in [2.45, 2.75) is 0 Å². The molecule has 1 N–H and O–H groups in total. The number of nitrogens with zero attached hydrogens (tertiary/aromatic N) is 1. The highest BCUT2D eigenvalue weighted by molar-refractivity contribution is 7.07. The van der Waals surface area contributed by atoms with Crippen LogP contribution in [0.25, 0.3) is 16.5 Å². The van der Waals surface area contributed by atoms with Crippen LogP contribution in [-0.4, -0.2) is 9.67 Å². The topological polar surface area (TPSA) is 42.2 Å². The van der Waals surface area contributed by atoms with Gasteiger partial charge in [0.25, 0.3) is 0 Å². The zero-order chi connectivity index (χ0) is 11.8. The van der Waals surface area contributed by atoms with Crippen LogP contribution in [0.2, 0.25) is 0 Å². The Bertz CT molecular complexity index is 737. The Morgan fingerprint density at radius 2 is 1.82 bits per heavy atom. The molecule has 3 aromatic rings. The van der Waals surface area contributed by atoms with Crippen molar-refractivity contribution in [1.29, 1.82) is 0 Å². The molecule has 1 heterocycles. The van der Waals surface area contributed by atoms with E-state index in [1.807, 2.05) is 42.5 Å². The van der Waals surface area contributed by atoms with Crippen LogP contribution >= 0.6 is 11.3 Å². The summed E-state index contributed by atoms with van der Waals surface area (Å²) < 4.78 is 1.33. The molecule has 0 radical (unpaired) electrons. The molecule has 0 amide bonds. The number of rotatable bonds is 1. The summed E-state index contributed by atoms with van der Waals surface area (Å²) in [5.74, 6) is -0.0173. The molecule has 4 heteroatoms. The van der Waals surface area contributed by atoms with E-state index in [2.05, 4.69) is 0 Å². The predicted molar refractivity (Wildman–Crippen MR) is 69.1 cm³/mol. The molecule has 1 aromatic heterocycles. The first-order valence-corrected chi connectivity index (χ1v) is 6.03. The largest absolute Gasteiger partial charge is 0.494 e. The van der Waals surface area contributed by atoms with Crippen molar-refractivity contribution in [3.8, 4) is 11.6 Å². The van der Waals surface area contributed by atoms with Gasteiger partial charge in [-0.15, -0.1) is 0 Å². The van der Waals surface area contributed by atoms with Gasteiger partial charge in [0.2, 0.25) is 5.88 Å². The zero-order valence-corrected chi connectivity index (χ0v) is 9.65. The summed E-state index contributed by atoms with van der Waals surface area (Å²) in [6.45, 7) is 0. The minimum Gasteiger partial charge on any atom is -0.494 e. The fourth-order valence-electron chi connectivity index (χ4n) is 1.93. The van der Waals surface area contributed by atoms with Gasteiger partial charge < -0.3 is 5.11 Å². The van der Waals surface area contributed by atoms with E-state index in [4.69, 9.17) is 0 Å². The Morgan fingerprint density at radius 3 is 2.59 bits per heavy atom. The summed E-state index contributed by atoms with van der Waals surface area (Å²) in [5.41, 5.74) is 0.715. The second-order valence-corrected chi connectivity index (χ2v) is 4.51. The first-order valence-electron chi connectivity index (χ1n) is 5.15. The molecule has 17 heavy (non-hydrogen) atoms. The number of benzene rings is 2. The lowest BCUT2D eigenvalue weighted by Crippen LogP contribution is -2.10. The highest BCUT2D eigenvalue weighted by Gasteiger charge is 2.09. The van der Waals surface area contributed by atoms with Crippen LogP contribution in [0.15, 0.2) is 52.6 Å². The normalized spacial score (nSPS) is 10.8. The van der Waals surface area contributed by atoms with Crippen LogP contribution in [0.4, 0.5) is 0 Å². The average Bonchev–Trinajstić information content (AvgIpc) is 2.69. The maximum absolute atomic E-state index is 11.7. The van der Waals surface area contributed by atoms with E-state index in [0.717, 1.165) is 22.1 Å². The van der Waals surface area contributed by atoms with E-state index < -0.39 is 0 Å². The average molecular weight is 243 g/mol. The van der Waals surface area contributed by atoms with Crippen LogP contribution in [0.3, 0.4) is 0 Å². The van der Waals surface area contributed by atoms with Crippen molar-refractivity contribution in [3.63, 3.8) is 0 Å². The first-order chi connectivity index (χ1) is 8.27. The number of aromatic hydroxyl groups is 1. The molecule has 84 valence electrons. The molecule has 0 bridgehead atoms. The highest BCUT2D eigenvalue weighted by Crippen LogP contribution is 2.24. The maximum atomic E-state index is 11.7. The van der Waals surface area contributed by atoms with Gasteiger partial charge >= 0.3 is 4.87 Å². The number of hydrogen-bond donors (Lipinski definition) is 1. The minimum atomic E-state index is -0.182. The van der Waals surface area contributed by atoms with Crippen molar-refractivity contribution in [1.82, 2.24) is 4.57 Å². The number of fused-ring (bicyclic) bond motifs is 1. The molecule has 3 nitrogen and oxygen atoms in total. The van der Waals surface area contributed by atoms with Crippen molar-refractivity contribution in [2.24, 2.45) is 0 Å². The molecular weight excluding hydrogens is 234 g/mol. The molecule has 0 aliphatic carbocycles. The Labute approximate surface area is 101 Å². The van der Waals surface area contributed by atoms with Gasteiger partial charge in [-0.1, -0.05) is 47.7 Å². The molecule has 3 rings (SSSR count). The van der Waals surface area contributed by atoms with Gasteiger partial charge in [-0.25, -0.2) is 4.57 Å². The second-order valence-electron chi connectivity index (χ2n) is 3.69. The van der Waals surface area contributed by atoms with Crippen molar-refractivity contribution < 1.29 is 5.11 Å². The van der Waals surface area contributed by atoms with Crippen molar-refractivity contribution >= 4 is 22.1 Å². The fourth-order valence-corrected chi connectivity index (χ4v) is 2.54. The molecule has 0 saturated carbocycles. The van der Waals surface area contributed by atoms with E-state index >= 15 is 0 Å². The Hall–Kier alpha value is -2.07. The van der Waals surface area contributed by atoms with Gasteiger partial charge in [-0.2, -0.15) is 0 Å². The molecule has 0 spiro atoms. The quantitative estimate of drug-likeness (QED) is 0.714. The lowest BCUT2D eigenvalue weighted by Gasteiger charge is -2.07. The number of aromatic nitrogens is 1. The van der Waals surface area contributed by atoms with Crippen LogP contribution in [-0.2, 0) is 0 Å². The monoisotopic (exact) mass is 243 g/mol. The molecule has 0 aliphatic rings. The van der Waals surface area contributed by atoms with E-state index in [-0.39, 0.29) is 10.8 Å². The van der Waals surface area contributed by atoms with Gasteiger partial charge in [-0.3, -0.25) is 4.79 Å². The first kappa shape index (κ1) is 10.1. The molecular formula is C13H9NO2S. The molecule has 0 aliphatic heterocycles. The zero-order valence-electron chi connectivity index (χ0n) is 8.83. The van der Waals surface area contributed by atoms with Crippen LogP contribution in [0.5, 0.6) is 5.88 Å². The van der Waals surface area contributed by atoms with E-state index in [0.29, 0.717) is 5.69 Å². The predicted octanol–water partition coefficient (Wildman–Crippen LogP) is 2.76. The van der Waals surface area contributed by atoms with E-state index in [1.54, 1.807) is 0 Å². The van der Waals surface area contributed by atoms with Crippen LogP contribution < -0.4 is 4.87 Å². The Balaban J connectivity index is 2.43. The number of hydrogen-bond acceptors (Lipinski definition) is 3. The Morgan fingerprint density at radius 1 is 1.06 bits per heavy atom. The lowest BCUT2D eigenvalue weighted by molar-refractivity contribution is 0.441. The molecule has 0 saturated heterocycles. The van der Waals surface area contributed by atoms with Gasteiger partial charge in [-0.05, 0) is 11.5 Å². The fraction of sp³-hybridized carbons (Fsp3) is 0. The molecule has 2 aromatic carbocycles. The third-order valence-electron chi connectivity index (χ3n) is 2.68. The second kappa shape index (κ2) is 3.75. The standard InChI is InChI=1S/C13H9NO2S/c15-12-8-17-13(16)14(12)11-7-3-5-9-4-1-2-6-10(9)11/h1-8,15H. The van der Waals surface area contributed by atoms with Crippen LogP contribution in [0.1, 0.15) is 0 Å². The van der Waals surface area contributed by atoms with Gasteiger partial charge in [0.05, 0.1) is 11.1 Å². The third-order valence-corrected chi connectivity index (χ3v) is 3.40. The summed E-state index contributed by atoms with van der Waals surface area (Å²) in [6.07, 6.45) is 0. The smallest absolute Gasteiger partial charge is 0.314 e. The summed E-state index contributed by atoms with van der Waals surface area (Å²) in [4.78, 5) is 11.5. The Kier molecular flexibility index (Phi) is 2.23. The summed E-state index contributed by atoms with van der Waals surface area (Å²) in [6, 6.07) is 13.5. The number of thiazole rings is 1. The minimum absolute atomic E-state index is 0.0173. The van der Waals surface area contributed by atoms with Crippen molar-refractivity contribution in [2.75, 3.05) is 0 Å². The van der Waals surface area contributed by atoms with E-state index in [9.17, 15) is 9.90 Å². The maximum Gasteiger partial charge on any atom is 0.314 e. The third kappa shape index (κ3) is 1.54. The van der Waals surface area contributed by atoms with Gasteiger partial charge in [0.1, 0.15) is 0 Å². The molecule has 0 atom stereocenters. The molecule has 0 fully saturated rings. The van der Waals surface area contributed by atoms with Crippen LogP contribution in [0, 0.1) is 0 Å². The lowest BCUT2D eigenvalue weighted by atomic mass is 10.1. The van der Waals surface area contributed by atoms with Gasteiger partial charge in [0, 0.05) is 5.39 Å². The summed E-state index contributed by atoms with van der Waals surface area (Å²) in [7, 11) is 0. The summed E-state index contributed by atoms with van der Waals surface area (Å²) in [5, 5.41) is 13.2. The summed E-state index contributed by atoms with van der Waals surface area (Å²) >= 11 is 0.992.